The summed E-state index contributed by atoms with van der Waals surface area (Å²) in [6, 6.07) is 11.1. The van der Waals surface area contributed by atoms with Crippen molar-refractivity contribution in [2.24, 2.45) is 0 Å². The lowest BCUT2D eigenvalue weighted by Crippen LogP contribution is -2.48. The third-order valence-corrected chi connectivity index (χ3v) is 6.66. The minimum atomic E-state index is -3.82. The zero-order chi connectivity index (χ0) is 23.3. The lowest BCUT2D eigenvalue weighted by Gasteiger charge is -2.34. The number of hydrogen-bond acceptors (Lipinski definition) is 6. The predicted octanol–water partition coefficient (Wildman–Crippen LogP) is 2.10. The largest absolute Gasteiger partial charge is 0.452 e. The number of amides is 1. The quantitative estimate of drug-likeness (QED) is 0.630. The predicted molar refractivity (Wildman–Crippen MR) is 114 cm³/mol. The van der Waals surface area contributed by atoms with E-state index < -0.39 is 28.5 Å². The number of carbonyl (C=O) groups excluding carboxylic acids is 2. The first kappa shape index (κ1) is 23.8. The molecule has 0 aromatic heterocycles. The first-order chi connectivity index (χ1) is 15.1. The molecule has 1 N–H and O–H groups in total. The summed E-state index contributed by atoms with van der Waals surface area (Å²) >= 11 is 0. The van der Waals surface area contributed by atoms with E-state index in [9.17, 15) is 22.4 Å². The van der Waals surface area contributed by atoms with Gasteiger partial charge in [0.1, 0.15) is 5.82 Å². The fourth-order valence-corrected chi connectivity index (χ4v) is 4.96. The normalized spacial score (nSPS) is 19.3. The van der Waals surface area contributed by atoms with Crippen LogP contribution in [0.2, 0.25) is 0 Å². The van der Waals surface area contributed by atoms with Gasteiger partial charge in [-0.25, -0.2) is 17.6 Å². The third-order valence-electron chi connectivity index (χ3n) is 4.83. The zero-order valence-electron chi connectivity index (χ0n) is 17.8. The Morgan fingerprint density at radius 1 is 1.12 bits per heavy atom. The molecule has 0 spiro atoms. The van der Waals surface area contributed by atoms with E-state index in [1.165, 1.54) is 52.8 Å². The van der Waals surface area contributed by atoms with Crippen LogP contribution in [0.3, 0.4) is 0 Å². The maximum Gasteiger partial charge on any atom is 0.338 e. The molecule has 1 fully saturated rings. The van der Waals surface area contributed by atoms with E-state index >= 15 is 0 Å². The highest BCUT2D eigenvalue weighted by Gasteiger charge is 2.32. The van der Waals surface area contributed by atoms with Gasteiger partial charge < -0.3 is 14.8 Å². The van der Waals surface area contributed by atoms with Gasteiger partial charge >= 0.3 is 5.97 Å². The average Bonchev–Trinajstić information content (AvgIpc) is 2.76. The summed E-state index contributed by atoms with van der Waals surface area (Å²) in [6.45, 7) is 3.65. The Morgan fingerprint density at radius 2 is 1.78 bits per heavy atom. The Kier molecular flexibility index (Phi) is 7.60. The van der Waals surface area contributed by atoms with Crippen LogP contribution < -0.4 is 5.32 Å². The molecule has 2 aromatic rings. The van der Waals surface area contributed by atoms with Crippen LogP contribution in [0.1, 0.15) is 29.8 Å². The summed E-state index contributed by atoms with van der Waals surface area (Å²) < 4.78 is 50.8. The first-order valence-electron chi connectivity index (χ1n) is 10.1. The number of ether oxygens (including phenoxy) is 2. The minimum absolute atomic E-state index is 0.0202. The maximum atomic E-state index is 13.0. The second-order valence-electron chi connectivity index (χ2n) is 7.59. The van der Waals surface area contributed by atoms with Gasteiger partial charge in [-0.05, 0) is 49.7 Å². The second kappa shape index (κ2) is 10.2. The number of nitrogens with one attached hydrogen (secondary N) is 1. The Hall–Kier alpha value is -2.82. The van der Waals surface area contributed by atoms with Crippen LogP contribution in [-0.4, -0.2) is 56.5 Å². The molecule has 0 radical (unpaired) electrons. The van der Waals surface area contributed by atoms with Crippen molar-refractivity contribution in [3.05, 3.63) is 65.5 Å². The molecule has 3 rings (SSSR count). The molecule has 2 atom stereocenters. The SMILES string of the molecule is CC1CN(S(=O)(=O)c2cccc(C(=O)OCC(=O)NCc3ccc(F)cc3)c2)CC(C)O1. The fraction of sp³-hybridized carbons (Fsp3) is 0.364. The fourth-order valence-electron chi connectivity index (χ4n) is 3.33. The van der Waals surface area contributed by atoms with Crippen LogP contribution in [-0.2, 0) is 30.8 Å². The monoisotopic (exact) mass is 464 g/mol. The number of esters is 1. The number of halogens is 1. The van der Waals surface area contributed by atoms with E-state index in [4.69, 9.17) is 9.47 Å². The summed E-state index contributed by atoms with van der Waals surface area (Å²) in [5.74, 6) is -1.73. The molecule has 0 saturated carbocycles. The van der Waals surface area contributed by atoms with Gasteiger partial charge in [-0.3, -0.25) is 4.79 Å². The van der Waals surface area contributed by atoms with Crippen molar-refractivity contribution in [3.8, 4) is 0 Å². The summed E-state index contributed by atoms with van der Waals surface area (Å²) in [5, 5.41) is 2.56. The van der Waals surface area contributed by atoms with E-state index in [0.717, 1.165) is 0 Å². The van der Waals surface area contributed by atoms with Crippen molar-refractivity contribution in [2.75, 3.05) is 19.7 Å². The zero-order valence-corrected chi connectivity index (χ0v) is 18.6. The minimum Gasteiger partial charge on any atom is -0.452 e. The van der Waals surface area contributed by atoms with E-state index in [-0.39, 0.29) is 48.1 Å². The lowest BCUT2D eigenvalue weighted by molar-refractivity contribution is -0.124. The van der Waals surface area contributed by atoms with Crippen molar-refractivity contribution >= 4 is 21.9 Å². The van der Waals surface area contributed by atoms with Gasteiger partial charge in [-0.2, -0.15) is 4.31 Å². The van der Waals surface area contributed by atoms with Gasteiger partial charge in [0.25, 0.3) is 5.91 Å². The highest BCUT2D eigenvalue weighted by Crippen LogP contribution is 2.22. The van der Waals surface area contributed by atoms with E-state index in [0.29, 0.717) is 5.56 Å². The Morgan fingerprint density at radius 3 is 2.44 bits per heavy atom. The standard InChI is InChI=1S/C22H25FN2O6S/c1-15-12-25(13-16(2)31-15)32(28,29)20-5-3-4-18(10-20)22(27)30-14-21(26)24-11-17-6-8-19(23)9-7-17/h3-10,15-16H,11-14H2,1-2H3,(H,24,26). The molecule has 1 aliphatic heterocycles. The molecule has 172 valence electrons. The van der Waals surface area contributed by atoms with E-state index in [2.05, 4.69) is 5.32 Å². The molecular formula is C22H25FN2O6S. The van der Waals surface area contributed by atoms with Crippen LogP contribution in [0.15, 0.2) is 53.4 Å². The number of nitrogens with zero attached hydrogens (tertiary/aromatic N) is 1. The van der Waals surface area contributed by atoms with Crippen LogP contribution in [0, 0.1) is 5.82 Å². The van der Waals surface area contributed by atoms with Crippen molar-refractivity contribution in [2.45, 2.75) is 37.5 Å². The molecule has 0 aliphatic carbocycles. The highest BCUT2D eigenvalue weighted by atomic mass is 32.2. The van der Waals surface area contributed by atoms with Gasteiger partial charge in [0.15, 0.2) is 6.61 Å². The Labute approximate surface area is 186 Å². The summed E-state index contributed by atoms with van der Waals surface area (Å²) in [4.78, 5) is 24.3. The number of morpholine rings is 1. The molecule has 2 unspecified atom stereocenters. The van der Waals surface area contributed by atoms with Gasteiger partial charge in [0.2, 0.25) is 10.0 Å². The molecule has 1 heterocycles. The average molecular weight is 465 g/mol. The van der Waals surface area contributed by atoms with Crippen LogP contribution >= 0.6 is 0 Å². The van der Waals surface area contributed by atoms with Crippen molar-refractivity contribution in [3.63, 3.8) is 0 Å². The van der Waals surface area contributed by atoms with Crippen LogP contribution in [0.4, 0.5) is 4.39 Å². The molecule has 1 saturated heterocycles. The van der Waals surface area contributed by atoms with Gasteiger partial charge in [0, 0.05) is 19.6 Å². The topological polar surface area (TPSA) is 102 Å². The van der Waals surface area contributed by atoms with Gasteiger partial charge in [-0.15, -0.1) is 0 Å². The molecule has 0 bridgehead atoms. The number of hydrogen-bond donors (Lipinski definition) is 1. The van der Waals surface area contributed by atoms with E-state index in [1.807, 2.05) is 0 Å². The smallest absolute Gasteiger partial charge is 0.338 e. The third kappa shape index (κ3) is 6.12. The number of sulfonamides is 1. The molecule has 1 amide bonds. The van der Waals surface area contributed by atoms with Crippen molar-refractivity contribution < 1.29 is 31.9 Å². The lowest BCUT2D eigenvalue weighted by atomic mass is 10.2. The van der Waals surface area contributed by atoms with Gasteiger partial charge in [-0.1, -0.05) is 18.2 Å². The second-order valence-corrected chi connectivity index (χ2v) is 9.52. The van der Waals surface area contributed by atoms with Crippen LogP contribution in [0.25, 0.3) is 0 Å². The molecule has 32 heavy (non-hydrogen) atoms. The maximum absolute atomic E-state index is 13.0. The molecule has 2 aromatic carbocycles. The molecule has 8 nitrogen and oxygen atoms in total. The Bertz CT molecular complexity index is 1060. The summed E-state index contributed by atoms with van der Waals surface area (Å²) in [7, 11) is -3.82. The Balaban J connectivity index is 1.58. The first-order valence-corrected chi connectivity index (χ1v) is 11.5. The van der Waals surface area contributed by atoms with Crippen molar-refractivity contribution in [1.29, 1.82) is 0 Å². The van der Waals surface area contributed by atoms with Crippen molar-refractivity contribution in [1.82, 2.24) is 9.62 Å². The summed E-state index contributed by atoms with van der Waals surface area (Å²) in [6.07, 6.45) is -0.481. The molecular weight excluding hydrogens is 439 g/mol. The van der Waals surface area contributed by atoms with Crippen LogP contribution in [0.5, 0.6) is 0 Å². The van der Waals surface area contributed by atoms with Gasteiger partial charge in [0.05, 0.1) is 22.7 Å². The molecule has 1 aliphatic rings. The number of rotatable bonds is 7. The summed E-state index contributed by atoms with van der Waals surface area (Å²) in [5.41, 5.74) is 0.711. The number of benzene rings is 2. The number of carbonyl (C=O) groups is 2. The highest BCUT2D eigenvalue weighted by molar-refractivity contribution is 7.89. The molecule has 10 heteroatoms. The van der Waals surface area contributed by atoms with E-state index in [1.54, 1.807) is 13.8 Å².